The zero-order chi connectivity index (χ0) is 15.5. The Hall–Kier alpha value is -2.34. The normalized spacial score (nSPS) is 11.7. The fourth-order valence-corrected chi connectivity index (χ4v) is 2.63. The van der Waals surface area contributed by atoms with E-state index in [0.29, 0.717) is 5.56 Å². The van der Waals surface area contributed by atoms with E-state index in [1.807, 2.05) is 6.92 Å². The third-order valence-electron chi connectivity index (χ3n) is 2.91. The lowest BCUT2D eigenvalue weighted by molar-refractivity contribution is 0.475. The first-order valence-electron chi connectivity index (χ1n) is 6.28. The van der Waals surface area contributed by atoms with Crippen molar-refractivity contribution in [2.75, 3.05) is 7.05 Å². The number of hydrogen-bond donors (Lipinski definition) is 1. The van der Waals surface area contributed by atoms with Crippen LogP contribution in [0.5, 0.6) is 5.75 Å². The Kier molecular flexibility index (Phi) is 4.28. The summed E-state index contributed by atoms with van der Waals surface area (Å²) < 4.78 is 25.5. The van der Waals surface area contributed by atoms with Gasteiger partial charge in [-0.15, -0.1) is 0 Å². The Morgan fingerprint density at radius 3 is 2.43 bits per heavy atom. The number of aryl methyl sites for hydroxylation is 1. The van der Waals surface area contributed by atoms with Crippen LogP contribution in [0.4, 0.5) is 0 Å². The summed E-state index contributed by atoms with van der Waals surface area (Å²) in [6.45, 7) is 1.89. The van der Waals surface area contributed by atoms with E-state index in [-0.39, 0.29) is 10.6 Å². The van der Waals surface area contributed by atoms with E-state index < -0.39 is 10.0 Å². The first-order chi connectivity index (χ1) is 9.89. The molecule has 21 heavy (non-hydrogen) atoms. The highest BCUT2D eigenvalue weighted by molar-refractivity contribution is 7.89. The maximum Gasteiger partial charge on any atom is 0.278 e. The number of hydrazone groups is 1. The lowest BCUT2D eigenvalue weighted by atomic mass is 10.2. The molecule has 0 aromatic heterocycles. The minimum absolute atomic E-state index is 0.1000. The second-order valence-corrected chi connectivity index (χ2v) is 6.54. The van der Waals surface area contributed by atoms with Gasteiger partial charge in [-0.3, -0.25) is 0 Å². The molecule has 0 spiro atoms. The van der Waals surface area contributed by atoms with Crippen LogP contribution in [0.1, 0.15) is 11.1 Å². The van der Waals surface area contributed by atoms with Crippen LogP contribution in [0.15, 0.2) is 58.5 Å². The molecular weight excluding hydrogens is 288 g/mol. The highest BCUT2D eigenvalue weighted by atomic mass is 32.2. The fraction of sp³-hybridized carbons (Fsp3) is 0.133. The van der Waals surface area contributed by atoms with Crippen molar-refractivity contribution < 1.29 is 13.5 Å². The number of hydrogen-bond acceptors (Lipinski definition) is 4. The van der Waals surface area contributed by atoms with Crippen LogP contribution >= 0.6 is 0 Å². The molecule has 6 heteroatoms. The van der Waals surface area contributed by atoms with E-state index in [4.69, 9.17) is 0 Å². The van der Waals surface area contributed by atoms with Gasteiger partial charge < -0.3 is 5.11 Å². The zero-order valence-corrected chi connectivity index (χ0v) is 12.6. The number of sulfonamides is 1. The van der Waals surface area contributed by atoms with Crippen molar-refractivity contribution in [2.24, 2.45) is 5.10 Å². The molecule has 0 aliphatic carbocycles. The quantitative estimate of drug-likeness (QED) is 0.696. The van der Waals surface area contributed by atoms with Gasteiger partial charge in [0, 0.05) is 7.05 Å². The predicted molar refractivity (Wildman–Crippen MR) is 81.8 cm³/mol. The molecule has 0 saturated carbocycles. The highest BCUT2D eigenvalue weighted by Crippen LogP contribution is 2.15. The van der Waals surface area contributed by atoms with Gasteiger partial charge in [0.25, 0.3) is 10.0 Å². The molecule has 0 atom stereocenters. The molecule has 2 rings (SSSR count). The molecule has 1 N–H and O–H groups in total. The third-order valence-corrected chi connectivity index (χ3v) is 4.56. The molecule has 0 aliphatic heterocycles. The monoisotopic (exact) mass is 304 g/mol. The van der Waals surface area contributed by atoms with Gasteiger partial charge in [0.2, 0.25) is 0 Å². The van der Waals surface area contributed by atoms with Crippen molar-refractivity contribution in [3.63, 3.8) is 0 Å². The minimum Gasteiger partial charge on any atom is -0.508 e. The van der Waals surface area contributed by atoms with Gasteiger partial charge in [-0.05, 0) is 36.8 Å². The molecule has 5 nitrogen and oxygen atoms in total. The van der Waals surface area contributed by atoms with E-state index in [1.54, 1.807) is 36.4 Å². The van der Waals surface area contributed by atoms with E-state index in [0.717, 1.165) is 9.98 Å². The van der Waals surface area contributed by atoms with Crippen LogP contribution in [0, 0.1) is 6.92 Å². The summed E-state index contributed by atoms with van der Waals surface area (Å²) in [7, 11) is -2.29. The predicted octanol–water partition coefficient (Wildman–Crippen LogP) is 2.36. The average Bonchev–Trinajstić information content (AvgIpc) is 2.45. The maximum atomic E-state index is 12.3. The summed E-state index contributed by atoms with van der Waals surface area (Å²) in [6.07, 6.45) is 1.38. The van der Waals surface area contributed by atoms with Crippen molar-refractivity contribution in [3.05, 3.63) is 59.7 Å². The molecule has 0 radical (unpaired) electrons. The summed E-state index contributed by atoms with van der Waals surface area (Å²) in [5, 5.41) is 13.3. The Bertz CT molecular complexity index is 753. The molecule has 0 saturated heterocycles. The van der Waals surface area contributed by atoms with E-state index in [1.165, 1.54) is 25.4 Å². The van der Waals surface area contributed by atoms with Gasteiger partial charge in [-0.25, -0.2) is 0 Å². The van der Waals surface area contributed by atoms with Crippen molar-refractivity contribution in [1.29, 1.82) is 0 Å². The molecule has 2 aromatic carbocycles. The van der Waals surface area contributed by atoms with E-state index in [9.17, 15) is 13.5 Å². The summed E-state index contributed by atoms with van der Waals surface area (Å²) in [5.74, 6) is 0.1000. The summed E-state index contributed by atoms with van der Waals surface area (Å²) >= 11 is 0. The second-order valence-electron chi connectivity index (χ2n) is 4.59. The molecule has 0 bridgehead atoms. The maximum absolute atomic E-state index is 12.3. The van der Waals surface area contributed by atoms with E-state index in [2.05, 4.69) is 5.10 Å². The van der Waals surface area contributed by atoms with Crippen molar-refractivity contribution in [3.8, 4) is 5.75 Å². The molecule has 0 aliphatic rings. The Morgan fingerprint density at radius 2 is 1.81 bits per heavy atom. The number of phenols is 1. The number of nitrogens with zero attached hydrogens (tertiary/aromatic N) is 2. The van der Waals surface area contributed by atoms with Crippen molar-refractivity contribution in [1.82, 2.24) is 4.41 Å². The third kappa shape index (κ3) is 3.61. The first-order valence-corrected chi connectivity index (χ1v) is 7.72. The topological polar surface area (TPSA) is 70.0 Å². The van der Waals surface area contributed by atoms with Gasteiger partial charge >= 0.3 is 0 Å². The Morgan fingerprint density at radius 1 is 1.14 bits per heavy atom. The van der Waals surface area contributed by atoms with Crippen molar-refractivity contribution >= 4 is 16.2 Å². The Labute approximate surface area is 124 Å². The lowest BCUT2D eigenvalue weighted by Crippen LogP contribution is -2.21. The number of rotatable bonds is 4. The lowest BCUT2D eigenvalue weighted by Gasteiger charge is -2.13. The van der Waals surface area contributed by atoms with Crippen LogP contribution in [-0.2, 0) is 10.0 Å². The van der Waals surface area contributed by atoms with Gasteiger partial charge in [-0.2, -0.15) is 17.9 Å². The molecule has 0 heterocycles. The minimum atomic E-state index is -3.66. The van der Waals surface area contributed by atoms with E-state index >= 15 is 0 Å². The number of benzene rings is 2. The Balaban J connectivity index is 2.22. The molecule has 2 aromatic rings. The summed E-state index contributed by atoms with van der Waals surface area (Å²) in [4.78, 5) is 0.184. The van der Waals surface area contributed by atoms with Crippen LogP contribution in [-0.4, -0.2) is 31.2 Å². The zero-order valence-electron chi connectivity index (χ0n) is 11.8. The highest BCUT2D eigenvalue weighted by Gasteiger charge is 2.18. The smallest absolute Gasteiger partial charge is 0.278 e. The molecule has 0 amide bonds. The van der Waals surface area contributed by atoms with Gasteiger partial charge in [-0.1, -0.05) is 29.8 Å². The molecule has 0 unspecified atom stereocenters. The average molecular weight is 304 g/mol. The summed E-state index contributed by atoms with van der Waals surface area (Å²) in [6, 6.07) is 13.0. The number of aromatic hydroxyl groups is 1. The van der Waals surface area contributed by atoms with Gasteiger partial charge in [0.1, 0.15) is 5.75 Å². The number of phenolic OH excluding ortho intramolecular Hbond substituents is 1. The van der Waals surface area contributed by atoms with Crippen LogP contribution in [0.25, 0.3) is 0 Å². The first kappa shape index (κ1) is 15.1. The molecule has 110 valence electrons. The SMILES string of the molecule is Cc1ccc(S(=O)(=O)N(C)N=Cc2cccc(O)c2)cc1. The van der Waals surface area contributed by atoms with Gasteiger partial charge in [0.05, 0.1) is 11.1 Å². The molecule has 0 fully saturated rings. The fourth-order valence-electron chi connectivity index (χ4n) is 1.68. The van der Waals surface area contributed by atoms with Crippen molar-refractivity contribution in [2.45, 2.75) is 11.8 Å². The standard InChI is InChI=1S/C15H16N2O3S/c1-12-6-8-15(9-7-12)21(19,20)17(2)16-11-13-4-3-5-14(18)10-13/h3-11,18H,1-2H3. The second kappa shape index (κ2) is 5.97. The summed E-state index contributed by atoms with van der Waals surface area (Å²) in [5.41, 5.74) is 1.60. The van der Waals surface area contributed by atoms with Crippen LogP contribution in [0.3, 0.4) is 0 Å². The van der Waals surface area contributed by atoms with Crippen LogP contribution in [0.2, 0.25) is 0 Å². The van der Waals surface area contributed by atoms with Gasteiger partial charge in [0.15, 0.2) is 0 Å². The van der Waals surface area contributed by atoms with Crippen LogP contribution < -0.4 is 0 Å². The molecular formula is C15H16N2O3S. The largest absolute Gasteiger partial charge is 0.508 e.